The number of aliphatic hydroxyl groups excluding tert-OH is 2. The summed E-state index contributed by atoms with van der Waals surface area (Å²) in [5.41, 5.74) is -0.919. The molecule has 0 amide bonds. The molecular weight excluding hydrogens is 218 g/mol. The summed E-state index contributed by atoms with van der Waals surface area (Å²) in [5.74, 6) is 0.171. The van der Waals surface area contributed by atoms with E-state index in [1.54, 1.807) is 14.0 Å². The van der Waals surface area contributed by atoms with Crippen molar-refractivity contribution < 1.29 is 20.1 Å². The van der Waals surface area contributed by atoms with E-state index < -0.39 is 17.6 Å². The zero-order valence-corrected chi connectivity index (χ0v) is 9.88. The van der Waals surface area contributed by atoms with E-state index in [1.807, 2.05) is 0 Å². The summed E-state index contributed by atoms with van der Waals surface area (Å²) >= 11 is 1.43. The number of carboxylic acid groups (broad SMARTS) is 1. The number of likely N-dealkylation sites (N-methyl/N-ethyl adjacent to an activating group) is 1. The number of aliphatic hydroxyl groups is 2. The molecule has 0 aromatic carbocycles. The summed E-state index contributed by atoms with van der Waals surface area (Å²) in [4.78, 5) is 10.9. The van der Waals surface area contributed by atoms with Crippen LogP contribution in [0, 0.1) is 0 Å². The highest BCUT2D eigenvalue weighted by Crippen LogP contribution is 2.14. The number of thioether (sulfide) groups is 1. The highest BCUT2D eigenvalue weighted by atomic mass is 32.2. The Balaban J connectivity index is 3.78. The molecule has 0 aliphatic heterocycles. The first-order chi connectivity index (χ1) is 6.96. The smallest absolute Gasteiger partial charge is 0.323 e. The third kappa shape index (κ3) is 5.36. The maximum Gasteiger partial charge on any atom is 0.323 e. The van der Waals surface area contributed by atoms with Gasteiger partial charge < -0.3 is 20.6 Å². The molecule has 0 rings (SSSR count). The van der Waals surface area contributed by atoms with Crippen LogP contribution in [0.1, 0.15) is 13.3 Å². The van der Waals surface area contributed by atoms with Gasteiger partial charge in [-0.05, 0) is 26.1 Å². The van der Waals surface area contributed by atoms with Crippen LogP contribution in [0.4, 0.5) is 0 Å². The van der Waals surface area contributed by atoms with E-state index in [0.29, 0.717) is 17.9 Å². The van der Waals surface area contributed by atoms with Crippen molar-refractivity contribution in [1.82, 2.24) is 5.32 Å². The molecule has 4 N–H and O–H groups in total. The van der Waals surface area contributed by atoms with Gasteiger partial charge in [-0.1, -0.05) is 0 Å². The molecule has 2 atom stereocenters. The summed E-state index contributed by atoms with van der Waals surface area (Å²) in [5, 5.41) is 29.3. The molecule has 2 unspecified atom stereocenters. The van der Waals surface area contributed by atoms with Crippen LogP contribution in [-0.4, -0.2) is 58.1 Å². The Bertz CT molecular complexity index is 203. The lowest BCUT2D eigenvalue weighted by Gasteiger charge is -2.23. The molecule has 0 bridgehead atoms. The van der Waals surface area contributed by atoms with Crippen molar-refractivity contribution in [1.29, 1.82) is 0 Å². The summed E-state index contributed by atoms with van der Waals surface area (Å²) in [6, 6.07) is 0. The lowest BCUT2D eigenvalue weighted by atomic mass is 10.00. The number of carbonyl (C=O) groups is 1. The average Bonchev–Trinajstić information content (AvgIpc) is 2.23. The van der Waals surface area contributed by atoms with Crippen molar-refractivity contribution in [3.05, 3.63) is 0 Å². The quantitative estimate of drug-likeness (QED) is 0.427. The van der Waals surface area contributed by atoms with Gasteiger partial charge >= 0.3 is 5.97 Å². The van der Waals surface area contributed by atoms with Gasteiger partial charge in [-0.25, -0.2) is 0 Å². The van der Waals surface area contributed by atoms with Gasteiger partial charge in [-0.3, -0.25) is 4.79 Å². The van der Waals surface area contributed by atoms with E-state index in [4.69, 9.17) is 15.3 Å². The second kappa shape index (κ2) is 7.05. The average molecular weight is 237 g/mol. The van der Waals surface area contributed by atoms with Gasteiger partial charge in [-0.2, -0.15) is 11.8 Å². The van der Waals surface area contributed by atoms with Crippen molar-refractivity contribution in [2.24, 2.45) is 0 Å². The van der Waals surface area contributed by atoms with E-state index in [0.717, 1.165) is 0 Å². The summed E-state index contributed by atoms with van der Waals surface area (Å²) in [7, 11) is 1.61. The molecule has 0 aliphatic carbocycles. The first kappa shape index (κ1) is 14.7. The van der Waals surface area contributed by atoms with Crippen LogP contribution in [0.3, 0.4) is 0 Å². The molecule has 0 saturated heterocycles. The topological polar surface area (TPSA) is 89.8 Å². The molecule has 90 valence electrons. The van der Waals surface area contributed by atoms with E-state index >= 15 is 0 Å². The Kier molecular flexibility index (Phi) is 6.91. The van der Waals surface area contributed by atoms with E-state index in [-0.39, 0.29) is 6.61 Å². The van der Waals surface area contributed by atoms with Crippen molar-refractivity contribution in [3.63, 3.8) is 0 Å². The van der Waals surface area contributed by atoms with Crippen LogP contribution < -0.4 is 5.32 Å². The number of hydrogen-bond donors (Lipinski definition) is 4. The van der Waals surface area contributed by atoms with Crippen LogP contribution in [0.5, 0.6) is 0 Å². The first-order valence-electron chi connectivity index (χ1n) is 4.75. The van der Waals surface area contributed by atoms with Gasteiger partial charge in [0.1, 0.15) is 5.54 Å². The lowest BCUT2D eigenvalue weighted by Crippen LogP contribution is -2.47. The highest BCUT2D eigenvalue weighted by Gasteiger charge is 2.30. The molecule has 0 aliphatic rings. The highest BCUT2D eigenvalue weighted by molar-refractivity contribution is 7.99. The minimum atomic E-state index is -0.919. The van der Waals surface area contributed by atoms with E-state index in [9.17, 15) is 4.79 Å². The Hall–Kier alpha value is -0.300. The van der Waals surface area contributed by atoms with Gasteiger partial charge in [0.25, 0.3) is 0 Å². The van der Waals surface area contributed by atoms with Crippen LogP contribution in [-0.2, 0) is 4.79 Å². The molecule has 0 fully saturated rings. The minimum Gasteiger partial charge on any atom is -0.480 e. The second-order valence-corrected chi connectivity index (χ2v) is 4.70. The standard InChI is InChI=1S/C9H19NO4S/c1-9(10-2,8(13)14)3-4-15-6-7(12)5-11/h7,10-12H,3-6H2,1-2H3,(H,13,14). The van der Waals surface area contributed by atoms with Crippen LogP contribution in [0.25, 0.3) is 0 Å². The molecule has 0 aromatic rings. The molecule has 0 spiro atoms. The van der Waals surface area contributed by atoms with Crippen molar-refractivity contribution in [2.75, 3.05) is 25.2 Å². The van der Waals surface area contributed by atoms with Gasteiger partial charge in [-0.15, -0.1) is 0 Å². The number of carboxylic acids is 1. The zero-order chi connectivity index (χ0) is 11.9. The van der Waals surface area contributed by atoms with Crippen molar-refractivity contribution in [3.8, 4) is 0 Å². The van der Waals surface area contributed by atoms with Gasteiger partial charge in [0, 0.05) is 5.75 Å². The molecule has 0 saturated carbocycles. The third-order valence-corrected chi connectivity index (χ3v) is 3.40. The fraction of sp³-hybridized carbons (Fsp3) is 0.889. The second-order valence-electron chi connectivity index (χ2n) is 3.55. The maximum absolute atomic E-state index is 10.9. The van der Waals surface area contributed by atoms with Crippen LogP contribution >= 0.6 is 11.8 Å². The first-order valence-corrected chi connectivity index (χ1v) is 5.90. The molecule has 0 aromatic heterocycles. The molecule has 0 heterocycles. The Morgan fingerprint density at radius 1 is 1.60 bits per heavy atom. The SMILES string of the molecule is CNC(C)(CCSCC(O)CO)C(=O)O. The van der Waals surface area contributed by atoms with Crippen molar-refractivity contribution in [2.45, 2.75) is 25.0 Å². The Morgan fingerprint density at radius 2 is 2.20 bits per heavy atom. The number of hydrogen-bond acceptors (Lipinski definition) is 5. The monoisotopic (exact) mass is 237 g/mol. The largest absolute Gasteiger partial charge is 0.480 e. The third-order valence-electron chi connectivity index (χ3n) is 2.29. The van der Waals surface area contributed by atoms with E-state index in [2.05, 4.69) is 5.32 Å². The van der Waals surface area contributed by atoms with Gasteiger partial charge in [0.2, 0.25) is 0 Å². The Morgan fingerprint density at radius 3 is 2.60 bits per heavy atom. The Labute approximate surface area is 93.9 Å². The number of rotatable bonds is 8. The fourth-order valence-electron chi connectivity index (χ4n) is 0.887. The molecule has 0 radical (unpaired) electrons. The summed E-state index contributed by atoms with van der Waals surface area (Å²) < 4.78 is 0. The zero-order valence-electron chi connectivity index (χ0n) is 9.06. The minimum absolute atomic E-state index is 0.255. The van der Waals surface area contributed by atoms with Gasteiger partial charge in [0.15, 0.2) is 0 Å². The molecule has 5 nitrogen and oxygen atoms in total. The van der Waals surface area contributed by atoms with E-state index in [1.165, 1.54) is 11.8 Å². The predicted octanol–water partition coefficient (Wildman–Crippen LogP) is -0.474. The maximum atomic E-state index is 10.9. The fourth-order valence-corrected chi connectivity index (χ4v) is 1.98. The summed E-state index contributed by atoms with van der Waals surface area (Å²) in [6.07, 6.45) is -0.248. The molecular formula is C9H19NO4S. The number of aliphatic carboxylic acids is 1. The van der Waals surface area contributed by atoms with Crippen LogP contribution in [0.2, 0.25) is 0 Å². The summed E-state index contributed by atoms with van der Waals surface area (Å²) in [6.45, 7) is 1.37. The lowest BCUT2D eigenvalue weighted by molar-refractivity contribution is -0.144. The molecule has 6 heteroatoms. The van der Waals surface area contributed by atoms with Gasteiger partial charge in [0.05, 0.1) is 12.7 Å². The van der Waals surface area contributed by atoms with Crippen molar-refractivity contribution >= 4 is 17.7 Å². The predicted molar refractivity (Wildman–Crippen MR) is 60.1 cm³/mol. The normalized spacial score (nSPS) is 17.1. The van der Waals surface area contributed by atoms with Crippen LogP contribution in [0.15, 0.2) is 0 Å². The molecule has 15 heavy (non-hydrogen) atoms. The number of nitrogens with one attached hydrogen (secondary N) is 1.